The molecule has 0 aromatic carbocycles. The van der Waals surface area contributed by atoms with Gasteiger partial charge in [-0.1, -0.05) is 186 Å². The Morgan fingerprint density at radius 1 is 0.538 bits per heavy atom. The molecule has 7 heteroatoms. The molecule has 0 bridgehead atoms. The van der Waals surface area contributed by atoms with E-state index in [1.54, 1.807) is 0 Å². The van der Waals surface area contributed by atoms with Crippen molar-refractivity contribution in [1.82, 2.24) is 0 Å². The second-order valence-electron chi connectivity index (χ2n) is 15.1. The third kappa shape index (κ3) is 36.6. The summed E-state index contributed by atoms with van der Waals surface area (Å²) in [6.45, 7) is 3.73. The van der Waals surface area contributed by atoms with E-state index in [2.05, 4.69) is 38.2 Å². The zero-order valence-electron chi connectivity index (χ0n) is 34.1. The molecule has 0 radical (unpaired) electrons. The van der Waals surface area contributed by atoms with Crippen molar-refractivity contribution in [1.29, 1.82) is 0 Å². The lowest BCUT2D eigenvalue weighted by atomic mass is 10.0. The summed E-state index contributed by atoms with van der Waals surface area (Å²) in [5.41, 5.74) is 0. The molecule has 0 amide bonds. The van der Waals surface area contributed by atoms with Crippen molar-refractivity contribution in [3.05, 3.63) is 24.3 Å². The Morgan fingerprint density at radius 2 is 0.981 bits per heavy atom. The van der Waals surface area contributed by atoms with E-state index in [-0.39, 0.29) is 19.4 Å². The van der Waals surface area contributed by atoms with Crippen LogP contribution in [0.5, 0.6) is 0 Å². The molecule has 0 saturated carbocycles. The molecule has 7 nitrogen and oxygen atoms in total. The molecule has 306 valence electrons. The van der Waals surface area contributed by atoms with Crippen molar-refractivity contribution in [3.63, 3.8) is 0 Å². The Morgan fingerprint density at radius 3 is 1.46 bits per heavy atom. The van der Waals surface area contributed by atoms with Crippen LogP contribution in [0.15, 0.2) is 24.3 Å². The fourth-order valence-electron chi connectivity index (χ4n) is 6.43. The largest absolute Gasteiger partial charge is 0.462 e. The van der Waals surface area contributed by atoms with Gasteiger partial charge in [0.05, 0.1) is 12.7 Å². The highest BCUT2D eigenvalue weighted by molar-refractivity contribution is 5.74. The van der Waals surface area contributed by atoms with Crippen LogP contribution in [0, 0.1) is 0 Å². The molecule has 3 N–H and O–H groups in total. The highest BCUT2D eigenvalue weighted by Crippen LogP contribution is 2.16. The third-order valence-corrected chi connectivity index (χ3v) is 9.94. The van der Waals surface area contributed by atoms with Crippen LogP contribution in [0.25, 0.3) is 0 Å². The standard InChI is InChI=1S/C45H84O7/c1-3-5-7-9-11-13-15-17-19-21-23-25-27-29-31-33-35-41(47)37-38-44(49)51-40-42(39-46)52-45(50)43(48)36-34-32-30-28-26-24-22-20-18-16-14-12-10-8-6-4-2/h22,24,28,30,41-43,46-48H,3-21,23,25-27,29,31-40H2,1-2H3. The second-order valence-corrected chi connectivity index (χ2v) is 15.1. The number of carbonyl (C=O) groups is 2. The number of ether oxygens (including phenoxy) is 2. The smallest absolute Gasteiger partial charge is 0.335 e. The maximum atomic E-state index is 12.3. The number of unbranched alkanes of at least 4 members (excludes halogenated alkanes) is 24. The van der Waals surface area contributed by atoms with Gasteiger partial charge < -0.3 is 24.8 Å². The molecular weight excluding hydrogens is 652 g/mol. The van der Waals surface area contributed by atoms with Gasteiger partial charge in [0.1, 0.15) is 6.61 Å². The van der Waals surface area contributed by atoms with Gasteiger partial charge in [0, 0.05) is 6.42 Å². The van der Waals surface area contributed by atoms with Gasteiger partial charge in [-0.05, 0) is 51.4 Å². The predicted octanol–water partition coefficient (Wildman–Crippen LogP) is 11.8. The second kappa shape index (κ2) is 40.5. The lowest BCUT2D eigenvalue weighted by Crippen LogP contribution is -2.33. The summed E-state index contributed by atoms with van der Waals surface area (Å²) in [7, 11) is 0. The molecule has 0 heterocycles. The Balaban J connectivity index is 3.75. The first kappa shape index (κ1) is 50.3. The monoisotopic (exact) mass is 737 g/mol. The van der Waals surface area contributed by atoms with Crippen LogP contribution in [-0.4, -0.2) is 58.8 Å². The van der Waals surface area contributed by atoms with Crippen LogP contribution < -0.4 is 0 Å². The number of hydrogen-bond acceptors (Lipinski definition) is 7. The molecule has 0 rings (SSSR count). The Kier molecular flexibility index (Phi) is 39.2. The number of aliphatic hydroxyl groups excluding tert-OH is 3. The number of hydrogen-bond donors (Lipinski definition) is 3. The third-order valence-electron chi connectivity index (χ3n) is 9.94. The Hall–Kier alpha value is -1.70. The Bertz CT molecular complexity index is 826. The maximum Gasteiger partial charge on any atom is 0.335 e. The molecule has 52 heavy (non-hydrogen) atoms. The number of esters is 2. The fourth-order valence-corrected chi connectivity index (χ4v) is 6.43. The van der Waals surface area contributed by atoms with Crippen molar-refractivity contribution in [2.45, 2.75) is 238 Å². The molecule has 0 aliphatic carbocycles. The van der Waals surface area contributed by atoms with E-state index >= 15 is 0 Å². The van der Waals surface area contributed by atoms with E-state index in [9.17, 15) is 24.9 Å². The van der Waals surface area contributed by atoms with Crippen molar-refractivity contribution in [3.8, 4) is 0 Å². The lowest BCUT2D eigenvalue weighted by Gasteiger charge is -2.18. The van der Waals surface area contributed by atoms with Crippen molar-refractivity contribution in [2.75, 3.05) is 13.2 Å². The first-order chi connectivity index (χ1) is 25.4. The molecule has 3 unspecified atom stereocenters. The summed E-state index contributed by atoms with van der Waals surface area (Å²) in [5.74, 6) is -1.33. The van der Waals surface area contributed by atoms with Crippen LogP contribution >= 0.6 is 0 Å². The van der Waals surface area contributed by atoms with Crippen LogP contribution in [0.4, 0.5) is 0 Å². The van der Waals surface area contributed by atoms with Gasteiger partial charge in [-0.2, -0.15) is 0 Å². The van der Waals surface area contributed by atoms with Gasteiger partial charge in [-0.15, -0.1) is 0 Å². The van der Waals surface area contributed by atoms with Gasteiger partial charge in [0.25, 0.3) is 0 Å². The van der Waals surface area contributed by atoms with E-state index in [0.29, 0.717) is 19.3 Å². The first-order valence-corrected chi connectivity index (χ1v) is 22.1. The molecule has 0 fully saturated rings. The van der Waals surface area contributed by atoms with Gasteiger partial charge >= 0.3 is 11.9 Å². The van der Waals surface area contributed by atoms with Gasteiger partial charge in [0.15, 0.2) is 12.2 Å². The minimum absolute atomic E-state index is 0.0668. The average Bonchev–Trinajstić information content (AvgIpc) is 3.14. The molecule has 0 saturated heterocycles. The first-order valence-electron chi connectivity index (χ1n) is 22.1. The van der Waals surface area contributed by atoms with Gasteiger partial charge in [-0.25, -0.2) is 4.79 Å². The SMILES string of the molecule is CCCCCCCCCCC=CCC=CCCCC(O)C(=O)OC(CO)COC(=O)CCC(O)CCCCCCCCCCCCCCCCCC. The van der Waals surface area contributed by atoms with E-state index in [1.165, 1.54) is 141 Å². The van der Waals surface area contributed by atoms with Crippen molar-refractivity contribution in [2.24, 2.45) is 0 Å². The minimum atomic E-state index is -1.29. The molecular formula is C45H84O7. The summed E-state index contributed by atoms with van der Waals surface area (Å²) in [4.78, 5) is 24.4. The highest BCUT2D eigenvalue weighted by Gasteiger charge is 2.22. The van der Waals surface area contributed by atoms with Gasteiger partial charge in [-0.3, -0.25) is 4.79 Å². The maximum absolute atomic E-state index is 12.3. The topological polar surface area (TPSA) is 113 Å². The van der Waals surface area contributed by atoms with E-state index in [0.717, 1.165) is 32.1 Å². The number of rotatable bonds is 40. The van der Waals surface area contributed by atoms with Crippen LogP contribution in [0.1, 0.15) is 219 Å². The summed E-state index contributed by atoms with van der Waals surface area (Å²) < 4.78 is 10.3. The number of carbonyl (C=O) groups excluding carboxylic acids is 2. The zero-order chi connectivity index (χ0) is 38.2. The number of aliphatic hydroxyl groups is 3. The van der Waals surface area contributed by atoms with Crippen molar-refractivity contribution >= 4 is 11.9 Å². The minimum Gasteiger partial charge on any atom is -0.462 e. The molecule has 0 aromatic heterocycles. The molecule has 0 aliphatic rings. The molecule has 3 atom stereocenters. The predicted molar refractivity (Wildman–Crippen MR) is 217 cm³/mol. The number of allylic oxidation sites excluding steroid dienone is 4. The fraction of sp³-hybridized carbons (Fsp3) is 0.867. The van der Waals surface area contributed by atoms with E-state index < -0.39 is 36.9 Å². The van der Waals surface area contributed by atoms with E-state index in [4.69, 9.17) is 9.47 Å². The van der Waals surface area contributed by atoms with E-state index in [1.807, 2.05) is 0 Å². The summed E-state index contributed by atoms with van der Waals surface area (Å²) >= 11 is 0. The quantitative estimate of drug-likeness (QED) is 0.0326. The zero-order valence-corrected chi connectivity index (χ0v) is 34.1. The van der Waals surface area contributed by atoms with Crippen LogP contribution in [0.2, 0.25) is 0 Å². The van der Waals surface area contributed by atoms with Crippen LogP contribution in [-0.2, 0) is 19.1 Å². The normalized spacial score (nSPS) is 13.6. The molecule has 0 aromatic rings. The van der Waals surface area contributed by atoms with Crippen LogP contribution in [0.3, 0.4) is 0 Å². The average molecular weight is 737 g/mol. The summed E-state index contributed by atoms with van der Waals surface area (Å²) in [6.07, 6.45) is 42.1. The lowest BCUT2D eigenvalue weighted by molar-refractivity contribution is -0.169. The van der Waals surface area contributed by atoms with Gasteiger partial charge in [0.2, 0.25) is 0 Å². The summed E-state index contributed by atoms with van der Waals surface area (Å²) in [5, 5.41) is 30.0. The molecule has 0 spiro atoms. The summed E-state index contributed by atoms with van der Waals surface area (Å²) in [6, 6.07) is 0. The molecule has 0 aliphatic heterocycles. The Labute approximate surface area is 320 Å². The highest BCUT2D eigenvalue weighted by atomic mass is 16.6. The van der Waals surface area contributed by atoms with Crippen molar-refractivity contribution < 1.29 is 34.4 Å².